The number of nitrogens with one attached hydrogen (secondary N) is 1. The Bertz CT molecular complexity index is 554. The van der Waals surface area contributed by atoms with Gasteiger partial charge in [0.15, 0.2) is 0 Å². The molecule has 0 aliphatic carbocycles. The molecule has 2 unspecified atom stereocenters. The summed E-state index contributed by atoms with van der Waals surface area (Å²) in [7, 11) is 0. The van der Waals surface area contributed by atoms with Crippen LogP contribution in [0.2, 0.25) is 0 Å². The van der Waals surface area contributed by atoms with E-state index in [4.69, 9.17) is 5.11 Å². The maximum atomic E-state index is 12.2. The van der Waals surface area contributed by atoms with Crippen LogP contribution in [0.4, 0.5) is 10.5 Å². The van der Waals surface area contributed by atoms with E-state index in [2.05, 4.69) is 19.2 Å². The lowest BCUT2D eigenvalue weighted by atomic mass is 10.2. The Balaban J connectivity index is 2.09. The first-order chi connectivity index (χ1) is 9.86. The molecule has 0 spiro atoms. The highest BCUT2D eigenvalue weighted by Crippen LogP contribution is 2.26. The van der Waals surface area contributed by atoms with Crippen LogP contribution >= 0.6 is 11.8 Å². The fourth-order valence-corrected chi connectivity index (χ4v) is 3.66. The minimum atomic E-state index is -1.24. The van der Waals surface area contributed by atoms with Gasteiger partial charge in [-0.1, -0.05) is 13.8 Å². The molecule has 1 aliphatic rings. The van der Waals surface area contributed by atoms with Crippen molar-refractivity contribution in [3.63, 3.8) is 0 Å². The molecule has 1 heterocycles. The Hall–Kier alpha value is -1.89. The van der Waals surface area contributed by atoms with E-state index >= 15 is 0 Å². The zero-order valence-electron chi connectivity index (χ0n) is 11.9. The van der Waals surface area contributed by atoms with Crippen LogP contribution < -0.4 is 5.32 Å². The van der Waals surface area contributed by atoms with Gasteiger partial charge < -0.3 is 20.4 Å². The minimum absolute atomic E-state index is 0.233. The quantitative estimate of drug-likeness (QED) is 0.730. The fourth-order valence-electron chi connectivity index (χ4n) is 2.33. The maximum absolute atomic E-state index is 12.2. The molecule has 2 amide bonds. The number of rotatable bonds is 2. The number of benzene rings is 1. The van der Waals surface area contributed by atoms with Gasteiger partial charge in [0.1, 0.15) is 11.3 Å². The highest BCUT2D eigenvalue weighted by molar-refractivity contribution is 8.00. The number of anilines is 1. The van der Waals surface area contributed by atoms with E-state index in [1.165, 1.54) is 18.2 Å². The molecular weight excluding hydrogens is 292 g/mol. The van der Waals surface area contributed by atoms with Gasteiger partial charge in [0.05, 0.1) is 0 Å². The number of amides is 2. The largest absolute Gasteiger partial charge is 0.507 e. The van der Waals surface area contributed by atoms with E-state index in [1.807, 2.05) is 11.8 Å². The Morgan fingerprint density at radius 3 is 2.48 bits per heavy atom. The van der Waals surface area contributed by atoms with Crippen LogP contribution in [-0.2, 0) is 0 Å². The van der Waals surface area contributed by atoms with Crippen molar-refractivity contribution in [2.75, 3.05) is 18.4 Å². The summed E-state index contributed by atoms with van der Waals surface area (Å²) in [6.07, 6.45) is 0. The number of carboxylic acid groups (broad SMARTS) is 1. The second kappa shape index (κ2) is 6.26. The molecule has 0 bridgehead atoms. The van der Waals surface area contributed by atoms with E-state index in [0.29, 0.717) is 29.3 Å². The van der Waals surface area contributed by atoms with Crippen molar-refractivity contribution in [1.29, 1.82) is 0 Å². The molecule has 2 atom stereocenters. The van der Waals surface area contributed by atoms with E-state index in [9.17, 15) is 14.7 Å². The Morgan fingerprint density at radius 2 is 1.90 bits per heavy atom. The molecule has 3 N–H and O–H groups in total. The first-order valence-corrected chi connectivity index (χ1v) is 7.58. The second-order valence-electron chi connectivity index (χ2n) is 5.13. The van der Waals surface area contributed by atoms with E-state index in [-0.39, 0.29) is 17.3 Å². The van der Waals surface area contributed by atoms with Crippen LogP contribution in [0.25, 0.3) is 0 Å². The van der Waals surface area contributed by atoms with Crippen molar-refractivity contribution in [1.82, 2.24) is 4.90 Å². The van der Waals surface area contributed by atoms with Crippen molar-refractivity contribution in [3.05, 3.63) is 23.8 Å². The zero-order chi connectivity index (χ0) is 15.6. The summed E-state index contributed by atoms with van der Waals surface area (Å²) in [5.74, 6) is -1.56. The number of carbonyl (C=O) groups is 2. The van der Waals surface area contributed by atoms with Crippen LogP contribution in [0.5, 0.6) is 5.75 Å². The van der Waals surface area contributed by atoms with Crippen LogP contribution in [0.15, 0.2) is 18.2 Å². The molecule has 1 aliphatic heterocycles. The first-order valence-electron chi connectivity index (χ1n) is 6.64. The molecule has 2 rings (SSSR count). The predicted octanol–water partition coefficient (Wildman–Crippen LogP) is 2.45. The van der Waals surface area contributed by atoms with Crippen LogP contribution in [0.3, 0.4) is 0 Å². The van der Waals surface area contributed by atoms with Crippen LogP contribution in [-0.4, -0.2) is 50.7 Å². The molecule has 21 heavy (non-hydrogen) atoms. The van der Waals surface area contributed by atoms with Crippen LogP contribution in [0.1, 0.15) is 24.2 Å². The molecule has 6 nitrogen and oxygen atoms in total. The summed E-state index contributed by atoms with van der Waals surface area (Å²) in [5, 5.41) is 21.8. The number of carbonyl (C=O) groups excluding carboxylic acids is 1. The number of carboxylic acids is 1. The monoisotopic (exact) mass is 310 g/mol. The maximum Gasteiger partial charge on any atom is 0.339 e. The molecule has 0 radical (unpaired) electrons. The van der Waals surface area contributed by atoms with Crippen molar-refractivity contribution in [3.8, 4) is 5.75 Å². The van der Waals surface area contributed by atoms with Crippen molar-refractivity contribution < 1.29 is 19.8 Å². The van der Waals surface area contributed by atoms with Gasteiger partial charge in [-0.3, -0.25) is 0 Å². The fraction of sp³-hybridized carbons (Fsp3) is 0.429. The van der Waals surface area contributed by atoms with Gasteiger partial charge in [-0.25, -0.2) is 9.59 Å². The third-order valence-electron chi connectivity index (χ3n) is 3.19. The number of aromatic carboxylic acids is 1. The van der Waals surface area contributed by atoms with Crippen molar-refractivity contribution in [2.24, 2.45) is 0 Å². The lowest BCUT2D eigenvalue weighted by Crippen LogP contribution is -2.46. The van der Waals surface area contributed by atoms with Crippen molar-refractivity contribution in [2.45, 2.75) is 24.3 Å². The summed E-state index contributed by atoms with van der Waals surface area (Å²) >= 11 is 1.84. The molecule has 0 aromatic heterocycles. The normalized spacial score (nSPS) is 21.9. The SMILES string of the molecule is CC1CN(C(=O)Nc2ccc(O)c(C(=O)O)c2)CC(C)S1. The third kappa shape index (κ3) is 3.81. The second-order valence-corrected chi connectivity index (χ2v) is 7.01. The van der Waals surface area contributed by atoms with Gasteiger partial charge in [-0.05, 0) is 18.2 Å². The van der Waals surface area contributed by atoms with Gasteiger partial charge in [-0.15, -0.1) is 0 Å². The van der Waals surface area contributed by atoms with Gasteiger partial charge in [0.2, 0.25) is 0 Å². The summed E-state index contributed by atoms with van der Waals surface area (Å²) in [5.41, 5.74) is 0.123. The number of hydrogen-bond donors (Lipinski definition) is 3. The Labute approximate surface area is 127 Å². The summed E-state index contributed by atoms with van der Waals surface area (Å²) in [6.45, 7) is 5.46. The first kappa shape index (κ1) is 15.5. The summed E-state index contributed by atoms with van der Waals surface area (Å²) < 4.78 is 0. The number of phenols is 1. The lowest BCUT2D eigenvalue weighted by molar-refractivity contribution is 0.0693. The highest BCUT2D eigenvalue weighted by Gasteiger charge is 2.26. The highest BCUT2D eigenvalue weighted by atomic mass is 32.2. The van der Waals surface area contributed by atoms with Crippen molar-refractivity contribution >= 4 is 29.4 Å². The zero-order valence-corrected chi connectivity index (χ0v) is 12.7. The smallest absolute Gasteiger partial charge is 0.339 e. The minimum Gasteiger partial charge on any atom is -0.507 e. The van der Waals surface area contributed by atoms with Gasteiger partial charge >= 0.3 is 12.0 Å². The molecule has 0 saturated carbocycles. The van der Waals surface area contributed by atoms with E-state index < -0.39 is 5.97 Å². The molecular formula is C14H18N2O4S. The number of thioether (sulfide) groups is 1. The lowest BCUT2D eigenvalue weighted by Gasteiger charge is -2.34. The van der Waals surface area contributed by atoms with E-state index in [0.717, 1.165) is 0 Å². The van der Waals surface area contributed by atoms with E-state index in [1.54, 1.807) is 4.90 Å². The third-order valence-corrected chi connectivity index (χ3v) is 4.41. The number of hydrogen-bond acceptors (Lipinski definition) is 4. The van der Waals surface area contributed by atoms with Gasteiger partial charge in [0, 0.05) is 29.3 Å². The average molecular weight is 310 g/mol. The summed E-state index contributed by atoms with van der Waals surface area (Å²) in [4.78, 5) is 24.9. The van der Waals surface area contributed by atoms with Gasteiger partial charge in [-0.2, -0.15) is 11.8 Å². The topological polar surface area (TPSA) is 89.9 Å². The molecule has 1 aromatic carbocycles. The Kier molecular flexibility index (Phi) is 4.62. The molecule has 114 valence electrons. The summed E-state index contributed by atoms with van der Waals surface area (Å²) in [6, 6.07) is 3.74. The molecule has 7 heteroatoms. The molecule has 1 aromatic rings. The predicted molar refractivity (Wildman–Crippen MR) is 82.2 cm³/mol. The number of nitrogens with zero attached hydrogens (tertiary/aromatic N) is 1. The molecule has 1 saturated heterocycles. The van der Waals surface area contributed by atoms with Crippen LogP contribution in [0, 0.1) is 0 Å². The Morgan fingerprint density at radius 1 is 1.29 bits per heavy atom. The molecule has 1 fully saturated rings. The average Bonchev–Trinajstić information content (AvgIpc) is 2.39. The number of urea groups is 1. The van der Waals surface area contributed by atoms with Gasteiger partial charge in [0.25, 0.3) is 0 Å². The standard InChI is InChI=1S/C14H18N2O4S/c1-8-6-16(7-9(2)21-8)14(20)15-10-3-4-12(17)11(5-10)13(18)19/h3-5,8-9,17H,6-7H2,1-2H3,(H,15,20)(H,18,19). The number of aromatic hydroxyl groups is 1.